The molecule has 4 bridgehead atoms. The first-order chi connectivity index (χ1) is 12.8. The second-order valence-corrected chi connectivity index (χ2v) is 13.9. The van der Waals surface area contributed by atoms with Crippen molar-refractivity contribution in [1.29, 1.82) is 0 Å². The second-order valence-electron chi connectivity index (χ2n) is 11.0. The molecule has 5 rings (SSSR count). The molecule has 158 valence electrons. The third kappa shape index (κ3) is 4.04. The quantitative estimate of drug-likeness (QED) is 0.291. The standard InChI is InChI=1S/C21H33IN2O3S/c1-16-17(22)8-23-24(16)15-21-12-18(2)9-19(3,13-21)11-20(10-18,14-21)6-5-7-27-28(4,25)26/h8H,5-7,9-15H2,1-4H3. The van der Waals surface area contributed by atoms with Crippen LogP contribution in [0.5, 0.6) is 0 Å². The molecule has 0 N–H and O–H groups in total. The van der Waals surface area contributed by atoms with E-state index in [4.69, 9.17) is 4.18 Å². The zero-order valence-electron chi connectivity index (χ0n) is 17.6. The molecule has 1 heterocycles. The van der Waals surface area contributed by atoms with E-state index in [1.807, 2.05) is 6.20 Å². The lowest BCUT2D eigenvalue weighted by molar-refractivity contribution is -0.198. The molecule has 0 aromatic carbocycles. The third-order valence-electron chi connectivity index (χ3n) is 7.49. The minimum absolute atomic E-state index is 0.315. The van der Waals surface area contributed by atoms with Crippen LogP contribution < -0.4 is 0 Å². The molecule has 2 unspecified atom stereocenters. The molecule has 0 aliphatic heterocycles. The van der Waals surface area contributed by atoms with Crippen molar-refractivity contribution >= 4 is 32.7 Å². The molecule has 4 saturated carbocycles. The molecule has 2 atom stereocenters. The van der Waals surface area contributed by atoms with Crippen LogP contribution >= 0.6 is 22.6 Å². The second kappa shape index (κ2) is 6.67. The fraction of sp³-hybridized carbons (Fsp3) is 0.857. The van der Waals surface area contributed by atoms with Crippen molar-refractivity contribution in [1.82, 2.24) is 9.78 Å². The molecule has 4 fully saturated rings. The van der Waals surface area contributed by atoms with Crippen molar-refractivity contribution in [2.75, 3.05) is 12.9 Å². The first kappa shape index (κ1) is 21.1. The molecule has 4 aliphatic rings. The van der Waals surface area contributed by atoms with Gasteiger partial charge in [0.25, 0.3) is 10.1 Å². The normalized spacial score (nSPS) is 39.6. The summed E-state index contributed by atoms with van der Waals surface area (Å²) in [7, 11) is -3.34. The van der Waals surface area contributed by atoms with Gasteiger partial charge in [0.1, 0.15) is 0 Å². The van der Waals surface area contributed by atoms with Gasteiger partial charge in [0.15, 0.2) is 0 Å². The topological polar surface area (TPSA) is 61.2 Å². The number of rotatable bonds is 7. The van der Waals surface area contributed by atoms with Crippen LogP contribution in [0.25, 0.3) is 0 Å². The maximum Gasteiger partial charge on any atom is 0.264 e. The van der Waals surface area contributed by atoms with Crippen molar-refractivity contribution in [2.45, 2.75) is 78.7 Å². The van der Waals surface area contributed by atoms with Crippen LogP contribution in [0, 0.1) is 32.2 Å². The highest BCUT2D eigenvalue weighted by molar-refractivity contribution is 14.1. The highest BCUT2D eigenvalue weighted by atomic mass is 127. The third-order valence-corrected chi connectivity index (χ3v) is 9.14. The van der Waals surface area contributed by atoms with Crippen molar-refractivity contribution < 1.29 is 12.6 Å². The summed E-state index contributed by atoms with van der Waals surface area (Å²) in [6.45, 7) is 8.51. The van der Waals surface area contributed by atoms with Gasteiger partial charge in [-0.05, 0) is 103 Å². The molecule has 7 heteroatoms. The van der Waals surface area contributed by atoms with E-state index in [9.17, 15) is 8.42 Å². The number of aromatic nitrogens is 2. The lowest BCUT2D eigenvalue weighted by Gasteiger charge is -2.70. The van der Waals surface area contributed by atoms with Gasteiger partial charge in [-0.25, -0.2) is 0 Å². The predicted molar refractivity (Wildman–Crippen MR) is 118 cm³/mol. The Bertz CT molecular complexity index is 860. The van der Waals surface area contributed by atoms with E-state index in [0.29, 0.717) is 28.3 Å². The molecule has 0 saturated heterocycles. The summed E-state index contributed by atoms with van der Waals surface area (Å²) in [6, 6.07) is 0. The highest BCUT2D eigenvalue weighted by Gasteiger charge is 2.65. The van der Waals surface area contributed by atoms with E-state index in [-0.39, 0.29) is 0 Å². The zero-order valence-corrected chi connectivity index (χ0v) is 20.5. The SMILES string of the molecule is Cc1c(I)cnn1CC12CC3(C)CC(C)(CC(CCCOS(C)(=O)=O)(C3)C1)C2. The number of hydrogen-bond donors (Lipinski definition) is 0. The van der Waals surface area contributed by atoms with Crippen molar-refractivity contribution in [3.05, 3.63) is 15.5 Å². The molecule has 1 aromatic rings. The summed E-state index contributed by atoms with van der Waals surface area (Å²) in [5.41, 5.74) is 2.72. The van der Waals surface area contributed by atoms with Crippen LogP contribution in [-0.4, -0.2) is 31.1 Å². The van der Waals surface area contributed by atoms with Gasteiger partial charge in [0, 0.05) is 12.2 Å². The molecule has 0 radical (unpaired) electrons. The Balaban J connectivity index is 1.57. The van der Waals surface area contributed by atoms with Crippen LogP contribution in [0.1, 0.15) is 70.9 Å². The summed E-state index contributed by atoms with van der Waals surface area (Å²) in [5.74, 6) is 0. The van der Waals surface area contributed by atoms with Gasteiger partial charge in [0.2, 0.25) is 0 Å². The van der Waals surface area contributed by atoms with Crippen molar-refractivity contribution in [3.8, 4) is 0 Å². The molecule has 1 aromatic heterocycles. The lowest BCUT2D eigenvalue weighted by atomic mass is 9.35. The van der Waals surface area contributed by atoms with Gasteiger partial charge < -0.3 is 0 Å². The Morgan fingerprint density at radius 3 is 2.25 bits per heavy atom. The predicted octanol–water partition coefficient (Wildman–Crippen LogP) is 4.92. The number of halogens is 1. The smallest absolute Gasteiger partial charge is 0.264 e. The minimum Gasteiger partial charge on any atom is -0.270 e. The van der Waals surface area contributed by atoms with Gasteiger partial charge in [-0.1, -0.05) is 13.8 Å². The molecular formula is C21H33IN2O3S. The van der Waals surface area contributed by atoms with E-state index in [2.05, 4.69) is 53.1 Å². The molecule has 28 heavy (non-hydrogen) atoms. The van der Waals surface area contributed by atoms with Gasteiger partial charge in [-0.2, -0.15) is 13.5 Å². The van der Waals surface area contributed by atoms with E-state index in [1.165, 1.54) is 47.8 Å². The average Bonchev–Trinajstić information content (AvgIpc) is 2.79. The average molecular weight is 520 g/mol. The Hall–Kier alpha value is -0.150. The summed E-state index contributed by atoms with van der Waals surface area (Å²) >= 11 is 2.38. The summed E-state index contributed by atoms with van der Waals surface area (Å²) in [4.78, 5) is 0. The van der Waals surface area contributed by atoms with Gasteiger partial charge in [0.05, 0.1) is 22.6 Å². The van der Waals surface area contributed by atoms with E-state index in [1.54, 1.807) is 0 Å². The van der Waals surface area contributed by atoms with E-state index in [0.717, 1.165) is 25.6 Å². The summed E-state index contributed by atoms with van der Waals surface area (Å²) in [5, 5.41) is 4.68. The number of hydrogen-bond acceptors (Lipinski definition) is 4. The van der Waals surface area contributed by atoms with Crippen LogP contribution in [0.3, 0.4) is 0 Å². The highest BCUT2D eigenvalue weighted by Crippen LogP contribution is 2.74. The summed E-state index contributed by atoms with van der Waals surface area (Å²) < 4.78 is 31.1. The maximum absolute atomic E-state index is 11.3. The molecular weight excluding hydrogens is 487 g/mol. The molecule has 0 amide bonds. The van der Waals surface area contributed by atoms with Crippen molar-refractivity contribution in [2.24, 2.45) is 21.7 Å². The summed E-state index contributed by atoms with van der Waals surface area (Å²) in [6.07, 6.45) is 12.8. The van der Waals surface area contributed by atoms with Crippen molar-refractivity contribution in [3.63, 3.8) is 0 Å². The fourth-order valence-corrected chi connectivity index (χ4v) is 9.01. The largest absolute Gasteiger partial charge is 0.270 e. The molecule has 4 aliphatic carbocycles. The van der Waals surface area contributed by atoms with Crippen LogP contribution in [0.4, 0.5) is 0 Å². The first-order valence-corrected chi connectivity index (χ1v) is 13.3. The lowest BCUT2D eigenvalue weighted by Crippen LogP contribution is -2.60. The number of nitrogens with zero attached hydrogens (tertiary/aromatic N) is 2. The van der Waals surface area contributed by atoms with E-state index >= 15 is 0 Å². The van der Waals surface area contributed by atoms with E-state index < -0.39 is 10.1 Å². The van der Waals surface area contributed by atoms with Crippen LogP contribution in [0.2, 0.25) is 0 Å². The Morgan fingerprint density at radius 2 is 1.71 bits per heavy atom. The minimum atomic E-state index is -3.34. The molecule has 0 spiro atoms. The zero-order chi connectivity index (χ0) is 20.4. The van der Waals surface area contributed by atoms with Gasteiger partial charge in [-0.3, -0.25) is 8.86 Å². The Kier molecular flexibility index (Phi) is 5.03. The monoisotopic (exact) mass is 520 g/mol. The Morgan fingerprint density at radius 1 is 1.11 bits per heavy atom. The van der Waals surface area contributed by atoms with Gasteiger partial charge >= 0.3 is 0 Å². The molecule has 5 nitrogen and oxygen atoms in total. The fourth-order valence-electron chi connectivity index (χ4n) is 8.19. The van der Waals surface area contributed by atoms with Gasteiger partial charge in [-0.15, -0.1) is 0 Å². The first-order valence-electron chi connectivity index (χ1n) is 10.4. The maximum atomic E-state index is 11.3. The van der Waals surface area contributed by atoms with Crippen LogP contribution in [-0.2, 0) is 20.8 Å². The Labute approximate surface area is 183 Å². The van der Waals surface area contributed by atoms with Crippen LogP contribution in [0.15, 0.2) is 6.20 Å².